The van der Waals surface area contributed by atoms with Crippen LogP contribution in [0.3, 0.4) is 0 Å². The Morgan fingerprint density at radius 3 is 2.61 bits per heavy atom. The number of hydrogen-bond donors (Lipinski definition) is 0. The van der Waals surface area contributed by atoms with Crippen LogP contribution in [0, 0.1) is 0 Å². The second-order valence-electron chi connectivity index (χ2n) is 3.81. The van der Waals surface area contributed by atoms with Gasteiger partial charge in [0.1, 0.15) is 18.6 Å². The van der Waals surface area contributed by atoms with Gasteiger partial charge < -0.3 is 4.74 Å². The molecule has 0 bridgehead atoms. The lowest BCUT2D eigenvalue weighted by Gasteiger charge is -2.08. The lowest BCUT2D eigenvalue weighted by atomic mass is 10.2. The Morgan fingerprint density at radius 2 is 2.06 bits per heavy atom. The van der Waals surface area contributed by atoms with Gasteiger partial charge in [-0.25, -0.2) is 8.42 Å². The Balaban J connectivity index is 2.57. The van der Waals surface area contributed by atoms with Crippen LogP contribution >= 0.6 is 11.6 Å². The normalized spacial score (nSPS) is 11.2. The van der Waals surface area contributed by atoms with E-state index in [4.69, 9.17) is 16.3 Å². The number of carbonyl (C=O) groups excluding carboxylic acids is 1. The first kappa shape index (κ1) is 15.0. The average molecular weight is 291 g/mol. The SMILES string of the molecule is CCCS(=O)(=O)CCOc1ccc(C=O)cc1Cl. The van der Waals surface area contributed by atoms with Gasteiger partial charge in [-0.3, -0.25) is 4.79 Å². The Hall–Kier alpha value is -1.07. The largest absolute Gasteiger partial charge is 0.491 e. The molecule has 0 saturated carbocycles. The van der Waals surface area contributed by atoms with Crippen LogP contribution in [0.2, 0.25) is 5.02 Å². The van der Waals surface area contributed by atoms with E-state index >= 15 is 0 Å². The minimum absolute atomic E-state index is 0.0351. The van der Waals surface area contributed by atoms with Crippen molar-refractivity contribution in [3.8, 4) is 5.75 Å². The van der Waals surface area contributed by atoms with Crippen LogP contribution in [0.25, 0.3) is 0 Å². The highest BCUT2D eigenvalue weighted by Gasteiger charge is 2.10. The zero-order valence-corrected chi connectivity index (χ0v) is 11.6. The van der Waals surface area contributed by atoms with Crippen molar-refractivity contribution in [3.63, 3.8) is 0 Å². The van der Waals surface area contributed by atoms with Crippen molar-refractivity contribution in [1.82, 2.24) is 0 Å². The first-order chi connectivity index (χ1) is 8.48. The molecule has 0 heterocycles. The number of sulfone groups is 1. The summed E-state index contributed by atoms with van der Waals surface area (Å²) in [6.07, 6.45) is 1.28. The van der Waals surface area contributed by atoms with E-state index in [0.29, 0.717) is 29.0 Å². The van der Waals surface area contributed by atoms with Crippen LogP contribution in [-0.2, 0) is 9.84 Å². The molecule has 0 amide bonds. The molecule has 0 atom stereocenters. The third-order valence-corrected chi connectivity index (χ3v) is 4.37. The van der Waals surface area contributed by atoms with Gasteiger partial charge in [-0.1, -0.05) is 18.5 Å². The van der Waals surface area contributed by atoms with Crippen LogP contribution < -0.4 is 4.74 Å². The zero-order chi connectivity index (χ0) is 13.6. The molecule has 6 heteroatoms. The van der Waals surface area contributed by atoms with Crippen molar-refractivity contribution in [3.05, 3.63) is 28.8 Å². The second kappa shape index (κ2) is 6.75. The number of rotatable bonds is 7. The molecule has 0 aliphatic heterocycles. The molecule has 0 N–H and O–H groups in total. The van der Waals surface area contributed by atoms with Crippen LogP contribution in [0.1, 0.15) is 23.7 Å². The summed E-state index contributed by atoms with van der Waals surface area (Å²) in [7, 11) is -3.05. The summed E-state index contributed by atoms with van der Waals surface area (Å²) in [5.74, 6) is 0.509. The number of benzene rings is 1. The zero-order valence-electron chi connectivity index (χ0n) is 10.1. The van der Waals surface area contributed by atoms with E-state index in [-0.39, 0.29) is 18.1 Å². The highest BCUT2D eigenvalue weighted by Crippen LogP contribution is 2.24. The Kier molecular flexibility index (Phi) is 5.62. The molecular formula is C12H15ClO4S. The van der Waals surface area contributed by atoms with Crippen molar-refractivity contribution < 1.29 is 17.9 Å². The van der Waals surface area contributed by atoms with E-state index in [1.807, 2.05) is 6.92 Å². The number of ether oxygens (including phenoxy) is 1. The molecule has 0 fully saturated rings. The molecule has 4 nitrogen and oxygen atoms in total. The summed E-state index contributed by atoms with van der Waals surface area (Å²) < 4.78 is 28.2. The topological polar surface area (TPSA) is 60.4 Å². The summed E-state index contributed by atoms with van der Waals surface area (Å²) in [4.78, 5) is 10.5. The molecule has 18 heavy (non-hydrogen) atoms. The van der Waals surface area contributed by atoms with E-state index < -0.39 is 9.84 Å². The van der Waals surface area contributed by atoms with Gasteiger partial charge in [0.2, 0.25) is 0 Å². The van der Waals surface area contributed by atoms with Gasteiger partial charge in [0.25, 0.3) is 0 Å². The van der Waals surface area contributed by atoms with Crippen molar-refractivity contribution in [2.75, 3.05) is 18.1 Å². The highest BCUT2D eigenvalue weighted by atomic mass is 35.5. The molecule has 0 aliphatic carbocycles. The lowest BCUT2D eigenvalue weighted by molar-refractivity contribution is 0.112. The van der Waals surface area contributed by atoms with E-state index in [9.17, 15) is 13.2 Å². The number of carbonyl (C=O) groups is 1. The van der Waals surface area contributed by atoms with Gasteiger partial charge in [-0.05, 0) is 24.6 Å². The molecule has 100 valence electrons. The molecule has 0 aliphatic rings. The predicted octanol–water partition coefficient (Wildman–Crippen LogP) is 2.36. The summed E-state index contributed by atoms with van der Waals surface area (Å²) in [5.41, 5.74) is 0.450. The third-order valence-electron chi connectivity index (χ3n) is 2.26. The Bertz CT molecular complexity index is 511. The van der Waals surface area contributed by atoms with Crippen molar-refractivity contribution in [2.24, 2.45) is 0 Å². The Morgan fingerprint density at radius 1 is 1.33 bits per heavy atom. The predicted molar refractivity (Wildman–Crippen MR) is 71.3 cm³/mol. The molecule has 0 spiro atoms. The fraction of sp³-hybridized carbons (Fsp3) is 0.417. The van der Waals surface area contributed by atoms with E-state index in [1.165, 1.54) is 6.07 Å². The second-order valence-corrected chi connectivity index (χ2v) is 6.52. The third kappa shape index (κ3) is 4.66. The number of aldehydes is 1. The molecule has 0 radical (unpaired) electrons. The summed E-state index contributed by atoms with van der Waals surface area (Å²) >= 11 is 5.89. The summed E-state index contributed by atoms with van der Waals surface area (Å²) in [6.45, 7) is 1.87. The monoisotopic (exact) mass is 290 g/mol. The van der Waals surface area contributed by atoms with Crippen molar-refractivity contribution in [2.45, 2.75) is 13.3 Å². The maximum atomic E-state index is 11.4. The van der Waals surface area contributed by atoms with E-state index in [0.717, 1.165) is 0 Å². The van der Waals surface area contributed by atoms with Crippen LogP contribution in [0.15, 0.2) is 18.2 Å². The molecule has 1 aromatic carbocycles. The fourth-order valence-electron chi connectivity index (χ4n) is 1.40. The first-order valence-electron chi connectivity index (χ1n) is 5.56. The van der Waals surface area contributed by atoms with Gasteiger partial charge >= 0.3 is 0 Å². The van der Waals surface area contributed by atoms with Crippen LogP contribution in [0.4, 0.5) is 0 Å². The molecule has 0 unspecified atom stereocenters. The smallest absolute Gasteiger partial charge is 0.153 e. The maximum absolute atomic E-state index is 11.4. The van der Waals surface area contributed by atoms with Gasteiger partial charge in [0.05, 0.1) is 16.5 Å². The minimum atomic E-state index is -3.05. The molecule has 1 aromatic rings. The standard InChI is InChI=1S/C12H15ClO4S/c1-2-6-18(15,16)7-5-17-12-4-3-10(9-14)8-11(12)13/h3-4,8-9H,2,5-7H2,1H3. The lowest BCUT2D eigenvalue weighted by Crippen LogP contribution is -2.16. The number of halogens is 1. The van der Waals surface area contributed by atoms with Gasteiger partial charge in [-0.15, -0.1) is 0 Å². The van der Waals surface area contributed by atoms with Crippen LogP contribution in [-0.4, -0.2) is 32.8 Å². The molecule has 1 rings (SSSR count). The molecular weight excluding hydrogens is 276 g/mol. The highest BCUT2D eigenvalue weighted by molar-refractivity contribution is 7.91. The fourth-order valence-corrected chi connectivity index (χ4v) is 2.81. The van der Waals surface area contributed by atoms with Gasteiger partial charge in [0, 0.05) is 5.56 Å². The quantitative estimate of drug-likeness (QED) is 0.723. The van der Waals surface area contributed by atoms with E-state index in [1.54, 1.807) is 12.1 Å². The summed E-state index contributed by atoms with van der Waals surface area (Å²) in [5, 5.41) is 0.299. The Labute approximate surface area is 112 Å². The summed E-state index contributed by atoms with van der Waals surface area (Å²) in [6, 6.07) is 4.59. The minimum Gasteiger partial charge on any atom is -0.491 e. The van der Waals surface area contributed by atoms with Crippen molar-refractivity contribution in [1.29, 1.82) is 0 Å². The van der Waals surface area contributed by atoms with E-state index in [2.05, 4.69) is 0 Å². The van der Waals surface area contributed by atoms with Gasteiger partial charge in [0.15, 0.2) is 9.84 Å². The maximum Gasteiger partial charge on any atom is 0.153 e. The molecule has 0 aromatic heterocycles. The van der Waals surface area contributed by atoms with Crippen molar-refractivity contribution >= 4 is 27.7 Å². The first-order valence-corrected chi connectivity index (χ1v) is 7.76. The van der Waals surface area contributed by atoms with Crippen LogP contribution in [0.5, 0.6) is 5.75 Å². The molecule has 0 saturated heterocycles. The van der Waals surface area contributed by atoms with Gasteiger partial charge in [-0.2, -0.15) is 0 Å². The average Bonchev–Trinajstić information content (AvgIpc) is 2.31. The number of hydrogen-bond acceptors (Lipinski definition) is 4.